The zero-order chi connectivity index (χ0) is 22.5. The van der Waals surface area contributed by atoms with E-state index in [4.69, 9.17) is 4.74 Å². The lowest BCUT2D eigenvalue weighted by molar-refractivity contribution is -0.0498. The summed E-state index contributed by atoms with van der Waals surface area (Å²) in [5, 5.41) is 3.26. The first-order valence-electron chi connectivity index (χ1n) is 10.1. The van der Waals surface area contributed by atoms with Crippen molar-refractivity contribution >= 4 is 17.5 Å². The van der Waals surface area contributed by atoms with Crippen LogP contribution in [0, 0.1) is 0 Å². The Kier molecular flexibility index (Phi) is 6.60. The Morgan fingerprint density at radius 3 is 2.44 bits per heavy atom. The zero-order valence-electron chi connectivity index (χ0n) is 17.8. The van der Waals surface area contributed by atoms with Crippen LogP contribution < -0.4 is 19.7 Å². The normalized spacial score (nSPS) is 14.5. The van der Waals surface area contributed by atoms with Crippen LogP contribution in [0.1, 0.15) is 0 Å². The van der Waals surface area contributed by atoms with Gasteiger partial charge >= 0.3 is 6.61 Å². The summed E-state index contributed by atoms with van der Waals surface area (Å²) in [4.78, 5) is 17.8. The molecule has 168 valence electrons. The van der Waals surface area contributed by atoms with Gasteiger partial charge in [0.15, 0.2) is 0 Å². The minimum atomic E-state index is -2.86. The van der Waals surface area contributed by atoms with Gasteiger partial charge in [0.1, 0.15) is 17.3 Å². The number of benzene rings is 1. The van der Waals surface area contributed by atoms with Crippen LogP contribution in [0.4, 0.5) is 26.2 Å². The third-order valence-electron chi connectivity index (χ3n) is 5.15. The highest BCUT2D eigenvalue weighted by Gasteiger charge is 2.17. The predicted octanol–water partition coefficient (Wildman–Crippen LogP) is 3.64. The van der Waals surface area contributed by atoms with E-state index in [9.17, 15) is 8.78 Å². The molecule has 10 heteroatoms. The van der Waals surface area contributed by atoms with Crippen molar-refractivity contribution < 1.29 is 18.3 Å². The van der Waals surface area contributed by atoms with E-state index >= 15 is 0 Å². The van der Waals surface area contributed by atoms with Gasteiger partial charge in [-0.25, -0.2) is 9.97 Å². The molecule has 3 aromatic rings. The minimum absolute atomic E-state index is 0.0981. The summed E-state index contributed by atoms with van der Waals surface area (Å²) in [5.74, 6) is 1.79. The molecule has 0 amide bonds. The number of halogens is 2. The maximum Gasteiger partial charge on any atom is 0.387 e. The second-order valence-corrected chi connectivity index (χ2v) is 7.34. The average molecular weight is 442 g/mol. The van der Waals surface area contributed by atoms with Gasteiger partial charge in [-0.2, -0.15) is 13.8 Å². The van der Waals surface area contributed by atoms with Crippen molar-refractivity contribution in [1.29, 1.82) is 0 Å². The number of nitrogens with one attached hydrogen (secondary N) is 1. The Labute approximate surface area is 184 Å². The smallest absolute Gasteiger partial charge is 0.387 e. The van der Waals surface area contributed by atoms with E-state index in [0.717, 1.165) is 37.3 Å². The highest BCUT2D eigenvalue weighted by Crippen LogP contribution is 2.31. The van der Waals surface area contributed by atoms with Crippen molar-refractivity contribution in [3.63, 3.8) is 0 Å². The fraction of sp³-hybridized carbons (Fsp3) is 0.318. The average Bonchev–Trinajstić information content (AvgIpc) is 2.80. The molecule has 0 aliphatic carbocycles. The molecule has 1 fully saturated rings. The molecule has 0 unspecified atom stereocenters. The molecule has 1 aliphatic rings. The SMILES string of the molecule is COc1ncc(-c2ccc(OC(F)F)cc2)cc1Nc1ccnc(N2CCN(C)CC2)n1. The molecular weight excluding hydrogens is 418 g/mol. The third kappa shape index (κ3) is 5.20. The van der Waals surface area contributed by atoms with Crippen LogP contribution in [0.15, 0.2) is 48.8 Å². The molecule has 1 N–H and O–H groups in total. The monoisotopic (exact) mass is 442 g/mol. The van der Waals surface area contributed by atoms with Gasteiger partial charge in [-0.3, -0.25) is 0 Å². The predicted molar refractivity (Wildman–Crippen MR) is 118 cm³/mol. The summed E-state index contributed by atoms with van der Waals surface area (Å²) in [7, 11) is 3.64. The molecule has 0 bridgehead atoms. The number of nitrogens with zero attached hydrogens (tertiary/aromatic N) is 5. The summed E-state index contributed by atoms with van der Waals surface area (Å²) in [6, 6.07) is 10.0. The van der Waals surface area contributed by atoms with Gasteiger partial charge in [0.25, 0.3) is 0 Å². The highest BCUT2D eigenvalue weighted by molar-refractivity contribution is 5.72. The zero-order valence-corrected chi connectivity index (χ0v) is 17.8. The number of hydrogen-bond acceptors (Lipinski definition) is 8. The van der Waals surface area contributed by atoms with Crippen LogP contribution in [0.3, 0.4) is 0 Å². The van der Waals surface area contributed by atoms with Crippen LogP contribution in [-0.4, -0.2) is 66.8 Å². The van der Waals surface area contributed by atoms with Crippen molar-refractivity contribution in [3.8, 4) is 22.8 Å². The number of pyridine rings is 1. The number of piperazine rings is 1. The van der Waals surface area contributed by atoms with Gasteiger partial charge in [-0.05, 0) is 36.9 Å². The van der Waals surface area contributed by atoms with Gasteiger partial charge in [0.05, 0.1) is 7.11 Å². The Morgan fingerprint density at radius 1 is 1.00 bits per heavy atom. The van der Waals surface area contributed by atoms with E-state index in [1.807, 2.05) is 6.07 Å². The van der Waals surface area contributed by atoms with E-state index in [0.29, 0.717) is 23.3 Å². The van der Waals surface area contributed by atoms with Crippen LogP contribution in [0.2, 0.25) is 0 Å². The summed E-state index contributed by atoms with van der Waals surface area (Å²) >= 11 is 0. The van der Waals surface area contributed by atoms with Crippen molar-refractivity contribution in [2.75, 3.05) is 50.6 Å². The maximum atomic E-state index is 12.4. The number of methoxy groups -OCH3 is 1. The molecule has 0 atom stereocenters. The second-order valence-electron chi connectivity index (χ2n) is 7.34. The Balaban J connectivity index is 1.55. The quantitative estimate of drug-likeness (QED) is 0.595. The second kappa shape index (κ2) is 9.73. The standard InChI is InChI=1S/C22H24F2N6O2/c1-29-9-11-30(12-10-29)22-25-8-7-19(28-22)27-18-13-16(14-26-20(18)31-2)15-3-5-17(6-4-15)32-21(23)24/h3-8,13-14,21H,9-12H2,1-2H3,(H,25,27,28). The Bertz CT molecular complexity index is 1040. The maximum absolute atomic E-state index is 12.4. The first-order valence-corrected chi connectivity index (χ1v) is 10.1. The highest BCUT2D eigenvalue weighted by atomic mass is 19.3. The fourth-order valence-electron chi connectivity index (χ4n) is 3.41. The molecular formula is C22H24F2N6O2. The van der Waals surface area contributed by atoms with Gasteiger partial charge in [-0.1, -0.05) is 12.1 Å². The van der Waals surface area contributed by atoms with E-state index in [2.05, 4.69) is 41.9 Å². The summed E-state index contributed by atoms with van der Waals surface area (Å²) in [6.45, 7) is 0.795. The van der Waals surface area contributed by atoms with Crippen molar-refractivity contribution in [1.82, 2.24) is 19.9 Å². The third-order valence-corrected chi connectivity index (χ3v) is 5.15. The number of hydrogen-bond donors (Lipinski definition) is 1. The molecule has 1 aromatic carbocycles. The molecule has 3 heterocycles. The molecule has 0 saturated carbocycles. The molecule has 4 rings (SSSR count). The van der Waals surface area contributed by atoms with Crippen LogP contribution in [-0.2, 0) is 0 Å². The Morgan fingerprint density at radius 2 is 1.75 bits per heavy atom. The number of ether oxygens (including phenoxy) is 2. The number of anilines is 3. The lowest BCUT2D eigenvalue weighted by Crippen LogP contribution is -2.45. The largest absolute Gasteiger partial charge is 0.480 e. The minimum Gasteiger partial charge on any atom is -0.480 e. The van der Waals surface area contributed by atoms with Gasteiger partial charge in [0.2, 0.25) is 11.8 Å². The van der Waals surface area contributed by atoms with E-state index in [1.54, 1.807) is 37.7 Å². The van der Waals surface area contributed by atoms with Crippen LogP contribution in [0.25, 0.3) is 11.1 Å². The molecule has 2 aromatic heterocycles. The van der Waals surface area contributed by atoms with Crippen LogP contribution >= 0.6 is 0 Å². The lowest BCUT2D eigenvalue weighted by atomic mass is 10.1. The summed E-state index contributed by atoms with van der Waals surface area (Å²) in [6.07, 6.45) is 3.37. The van der Waals surface area contributed by atoms with Crippen molar-refractivity contribution in [2.24, 2.45) is 0 Å². The van der Waals surface area contributed by atoms with E-state index in [1.165, 1.54) is 12.1 Å². The van der Waals surface area contributed by atoms with Gasteiger partial charge < -0.3 is 24.6 Å². The van der Waals surface area contributed by atoms with E-state index in [-0.39, 0.29) is 5.75 Å². The lowest BCUT2D eigenvalue weighted by Gasteiger charge is -2.32. The molecule has 32 heavy (non-hydrogen) atoms. The molecule has 0 spiro atoms. The molecule has 0 radical (unpaired) electrons. The number of likely N-dealkylation sites (N-methyl/N-ethyl adjacent to an activating group) is 1. The first-order chi connectivity index (χ1) is 15.5. The van der Waals surface area contributed by atoms with Gasteiger partial charge in [0, 0.05) is 44.1 Å². The number of aromatic nitrogens is 3. The molecule has 1 aliphatic heterocycles. The van der Waals surface area contributed by atoms with Crippen molar-refractivity contribution in [2.45, 2.75) is 6.61 Å². The van der Waals surface area contributed by atoms with Gasteiger partial charge in [-0.15, -0.1) is 0 Å². The topological polar surface area (TPSA) is 75.6 Å². The fourth-order valence-corrected chi connectivity index (χ4v) is 3.41. The Hall–Kier alpha value is -3.53. The summed E-state index contributed by atoms with van der Waals surface area (Å²) < 4.78 is 34.6. The number of alkyl halides is 2. The summed E-state index contributed by atoms with van der Waals surface area (Å²) in [5.41, 5.74) is 2.21. The molecule has 8 nitrogen and oxygen atoms in total. The first kappa shape index (κ1) is 21.7. The van der Waals surface area contributed by atoms with E-state index < -0.39 is 6.61 Å². The van der Waals surface area contributed by atoms with Crippen LogP contribution in [0.5, 0.6) is 11.6 Å². The number of rotatable bonds is 7. The van der Waals surface area contributed by atoms with Crippen molar-refractivity contribution in [3.05, 3.63) is 48.8 Å². The molecule has 1 saturated heterocycles.